The predicted molar refractivity (Wildman–Crippen MR) is 74.1 cm³/mol. The molecule has 2 rings (SSSR count). The standard InChI is InChI=1S/C15H19NO3/c1-18-15(17)14-6-4-13(5-7-14)3-2-8-16-9-11-19-12-10-16/h2-7H,8-12H2,1H3/b3-2+. The Morgan fingerprint density at radius 1 is 1.32 bits per heavy atom. The summed E-state index contributed by atoms with van der Waals surface area (Å²) < 4.78 is 9.96. The number of nitrogens with zero attached hydrogens (tertiary/aromatic N) is 1. The summed E-state index contributed by atoms with van der Waals surface area (Å²) in [6.07, 6.45) is 4.20. The van der Waals surface area contributed by atoms with E-state index in [1.54, 1.807) is 12.1 Å². The molecule has 1 saturated heterocycles. The minimum atomic E-state index is -0.302. The van der Waals surface area contributed by atoms with Gasteiger partial charge in [-0.2, -0.15) is 0 Å². The van der Waals surface area contributed by atoms with Crippen LogP contribution in [0.4, 0.5) is 0 Å². The van der Waals surface area contributed by atoms with Crippen LogP contribution in [0.2, 0.25) is 0 Å². The summed E-state index contributed by atoms with van der Waals surface area (Å²) in [7, 11) is 1.39. The molecule has 19 heavy (non-hydrogen) atoms. The van der Waals surface area contributed by atoms with Crippen molar-refractivity contribution in [2.24, 2.45) is 0 Å². The Morgan fingerprint density at radius 2 is 2.00 bits per heavy atom. The van der Waals surface area contributed by atoms with Gasteiger partial charge in [-0.25, -0.2) is 4.79 Å². The normalized spacial score (nSPS) is 16.7. The highest BCUT2D eigenvalue weighted by atomic mass is 16.5. The van der Waals surface area contributed by atoms with Crippen molar-refractivity contribution in [1.82, 2.24) is 4.90 Å². The van der Waals surface area contributed by atoms with Gasteiger partial charge in [0.1, 0.15) is 0 Å². The monoisotopic (exact) mass is 261 g/mol. The summed E-state index contributed by atoms with van der Waals surface area (Å²) in [6, 6.07) is 7.39. The molecular weight excluding hydrogens is 242 g/mol. The van der Waals surface area contributed by atoms with Crippen LogP contribution in [0.25, 0.3) is 6.08 Å². The van der Waals surface area contributed by atoms with E-state index in [4.69, 9.17) is 4.74 Å². The third kappa shape index (κ3) is 4.19. The Labute approximate surface area is 113 Å². The van der Waals surface area contributed by atoms with Crippen molar-refractivity contribution in [3.05, 3.63) is 41.5 Å². The average Bonchev–Trinajstić information content (AvgIpc) is 2.48. The van der Waals surface area contributed by atoms with Crippen LogP contribution in [0.1, 0.15) is 15.9 Å². The van der Waals surface area contributed by atoms with Crippen molar-refractivity contribution in [2.45, 2.75) is 0 Å². The highest BCUT2D eigenvalue weighted by molar-refractivity contribution is 5.89. The molecule has 0 unspecified atom stereocenters. The first-order chi connectivity index (χ1) is 9.29. The van der Waals surface area contributed by atoms with Crippen molar-refractivity contribution in [3.8, 4) is 0 Å². The fourth-order valence-corrected chi connectivity index (χ4v) is 1.97. The molecule has 0 aromatic heterocycles. The van der Waals surface area contributed by atoms with Gasteiger partial charge < -0.3 is 9.47 Å². The number of carbonyl (C=O) groups excluding carboxylic acids is 1. The number of rotatable bonds is 4. The van der Waals surface area contributed by atoms with E-state index in [-0.39, 0.29) is 5.97 Å². The molecule has 0 bridgehead atoms. The fraction of sp³-hybridized carbons (Fsp3) is 0.400. The van der Waals surface area contributed by atoms with E-state index in [0.29, 0.717) is 5.56 Å². The first-order valence-electron chi connectivity index (χ1n) is 6.44. The Kier molecular flexibility index (Phi) is 5.12. The lowest BCUT2D eigenvalue weighted by molar-refractivity contribution is 0.0435. The molecule has 4 heteroatoms. The highest BCUT2D eigenvalue weighted by Gasteiger charge is 2.07. The summed E-state index contributed by atoms with van der Waals surface area (Å²) in [4.78, 5) is 13.6. The number of esters is 1. The van der Waals surface area contributed by atoms with E-state index in [2.05, 4.69) is 21.8 Å². The number of hydrogen-bond donors (Lipinski definition) is 0. The summed E-state index contributed by atoms with van der Waals surface area (Å²) in [5.74, 6) is -0.302. The van der Waals surface area contributed by atoms with Gasteiger partial charge in [0.25, 0.3) is 0 Å². The zero-order valence-corrected chi connectivity index (χ0v) is 11.2. The minimum absolute atomic E-state index is 0.302. The fourth-order valence-electron chi connectivity index (χ4n) is 1.97. The van der Waals surface area contributed by atoms with Crippen molar-refractivity contribution in [2.75, 3.05) is 40.0 Å². The highest BCUT2D eigenvalue weighted by Crippen LogP contribution is 2.07. The third-order valence-electron chi connectivity index (χ3n) is 3.11. The van der Waals surface area contributed by atoms with Gasteiger partial charge in [-0.05, 0) is 17.7 Å². The Bertz CT molecular complexity index is 433. The molecular formula is C15H19NO3. The molecule has 0 radical (unpaired) electrons. The van der Waals surface area contributed by atoms with Gasteiger partial charge in [0, 0.05) is 19.6 Å². The number of morpholine rings is 1. The van der Waals surface area contributed by atoms with Crippen LogP contribution in [0, 0.1) is 0 Å². The van der Waals surface area contributed by atoms with Gasteiger partial charge in [-0.1, -0.05) is 24.3 Å². The van der Waals surface area contributed by atoms with Gasteiger partial charge in [-0.15, -0.1) is 0 Å². The van der Waals surface area contributed by atoms with E-state index in [0.717, 1.165) is 38.4 Å². The van der Waals surface area contributed by atoms with Crippen LogP contribution in [0.3, 0.4) is 0 Å². The van der Waals surface area contributed by atoms with E-state index in [1.807, 2.05) is 12.1 Å². The molecule has 0 N–H and O–H groups in total. The van der Waals surface area contributed by atoms with Crippen molar-refractivity contribution >= 4 is 12.0 Å². The Balaban J connectivity index is 1.86. The van der Waals surface area contributed by atoms with Crippen molar-refractivity contribution in [1.29, 1.82) is 0 Å². The molecule has 1 aromatic carbocycles. The summed E-state index contributed by atoms with van der Waals surface area (Å²) in [5.41, 5.74) is 1.66. The molecule has 0 spiro atoms. The van der Waals surface area contributed by atoms with Crippen LogP contribution >= 0.6 is 0 Å². The quantitative estimate of drug-likeness (QED) is 0.775. The van der Waals surface area contributed by atoms with Gasteiger partial charge in [0.2, 0.25) is 0 Å². The Hall–Kier alpha value is -1.65. The second-order valence-electron chi connectivity index (χ2n) is 4.43. The molecule has 1 fully saturated rings. The summed E-state index contributed by atoms with van der Waals surface area (Å²) >= 11 is 0. The molecule has 1 heterocycles. The smallest absolute Gasteiger partial charge is 0.337 e. The van der Waals surface area contributed by atoms with E-state index < -0.39 is 0 Å². The van der Waals surface area contributed by atoms with Crippen molar-refractivity contribution in [3.63, 3.8) is 0 Å². The van der Waals surface area contributed by atoms with E-state index in [9.17, 15) is 4.79 Å². The first kappa shape index (κ1) is 13.8. The second-order valence-corrected chi connectivity index (χ2v) is 4.43. The molecule has 1 aliphatic heterocycles. The summed E-state index contributed by atoms with van der Waals surface area (Å²) in [5, 5.41) is 0. The SMILES string of the molecule is COC(=O)c1ccc(/C=C/CN2CCOCC2)cc1. The maximum absolute atomic E-state index is 11.3. The molecule has 102 valence electrons. The van der Waals surface area contributed by atoms with E-state index >= 15 is 0 Å². The number of ether oxygens (including phenoxy) is 2. The lowest BCUT2D eigenvalue weighted by atomic mass is 10.1. The summed E-state index contributed by atoms with van der Waals surface area (Å²) in [6.45, 7) is 4.56. The molecule has 0 atom stereocenters. The van der Waals surface area contributed by atoms with Crippen LogP contribution in [0.15, 0.2) is 30.3 Å². The number of benzene rings is 1. The van der Waals surface area contributed by atoms with Gasteiger partial charge >= 0.3 is 5.97 Å². The first-order valence-corrected chi connectivity index (χ1v) is 6.44. The van der Waals surface area contributed by atoms with Crippen LogP contribution in [-0.2, 0) is 9.47 Å². The van der Waals surface area contributed by atoms with Gasteiger partial charge in [0.05, 0.1) is 25.9 Å². The maximum Gasteiger partial charge on any atom is 0.337 e. The number of carbonyl (C=O) groups is 1. The van der Waals surface area contributed by atoms with Crippen LogP contribution in [0.5, 0.6) is 0 Å². The zero-order chi connectivity index (χ0) is 13.5. The number of hydrogen-bond acceptors (Lipinski definition) is 4. The van der Waals surface area contributed by atoms with Gasteiger partial charge in [-0.3, -0.25) is 4.90 Å². The largest absolute Gasteiger partial charge is 0.465 e. The minimum Gasteiger partial charge on any atom is -0.465 e. The average molecular weight is 261 g/mol. The number of methoxy groups -OCH3 is 1. The lowest BCUT2D eigenvalue weighted by Crippen LogP contribution is -2.36. The lowest BCUT2D eigenvalue weighted by Gasteiger charge is -2.25. The van der Waals surface area contributed by atoms with Crippen LogP contribution < -0.4 is 0 Å². The zero-order valence-electron chi connectivity index (χ0n) is 11.2. The maximum atomic E-state index is 11.3. The van der Waals surface area contributed by atoms with E-state index in [1.165, 1.54) is 7.11 Å². The van der Waals surface area contributed by atoms with Crippen LogP contribution in [-0.4, -0.2) is 50.8 Å². The molecule has 0 saturated carbocycles. The van der Waals surface area contributed by atoms with Gasteiger partial charge in [0.15, 0.2) is 0 Å². The predicted octanol–water partition coefficient (Wildman–Crippen LogP) is 1.82. The molecule has 4 nitrogen and oxygen atoms in total. The molecule has 0 aliphatic carbocycles. The molecule has 0 amide bonds. The molecule has 1 aromatic rings. The topological polar surface area (TPSA) is 38.8 Å². The Morgan fingerprint density at radius 3 is 2.63 bits per heavy atom. The van der Waals surface area contributed by atoms with Crippen molar-refractivity contribution < 1.29 is 14.3 Å². The molecule has 1 aliphatic rings. The third-order valence-corrected chi connectivity index (χ3v) is 3.11. The second kappa shape index (κ2) is 7.07.